The van der Waals surface area contributed by atoms with E-state index in [9.17, 15) is 5.26 Å². The second kappa shape index (κ2) is 7.41. The summed E-state index contributed by atoms with van der Waals surface area (Å²) in [4.78, 5) is 4.80. The monoisotopic (exact) mass is 305 g/mol. The van der Waals surface area contributed by atoms with Gasteiger partial charge in [-0.1, -0.05) is 60.7 Å². The highest BCUT2D eigenvalue weighted by molar-refractivity contribution is 5.24. The summed E-state index contributed by atoms with van der Waals surface area (Å²) in [5.74, 6) is 0. The molecule has 1 heterocycles. The Hall–Kier alpha value is -2.15. The van der Waals surface area contributed by atoms with Crippen LogP contribution < -0.4 is 0 Å². The van der Waals surface area contributed by atoms with Crippen LogP contribution in [-0.4, -0.2) is 36.0 Å². The van der Waals surface area contributed by atoms with Crippen LogP contribution >= 0.6 is 0 Å². The molecule has 0 spiro atoms. The van der Waals surface area contributed by atoms with Crippen LogP contribution in [-0.2, 0) is 0 Å². The first-order chi connectivity index (χ1) is 11.3. The second-order valence-corrected chi connectivity index (χ2v) is 6.10. The third-order valence-electron chi connectivity index (χ3n) is 4.78. The maximum absolute atomic E-state index is 9.58. The van der Waals surface area contributed by atoms with Crippen molar-refractivity contribution in [2.24, 2.45) is 0 Å². The Morgan fingerprint density at radius 3 is 1.78 bits per heavy atom. The molecule has 3 nitrogen and oxygen atoms in total. The van der Waals surface area contributed by atoms with E-state index in [1.807, 2.05) is 30.3 Å². The van der Waals surface area contributed by atoms with Gasteiger partial charge in [-0.15, -0.1) is 0 Å². The highest BCUT2D eigenvalue weighted by Crippen LogP contribution is 2.25. The van der Waals surface area contributed by atoms with E-state index < -0.39 is 0 Å². The molecule has 23 heavy (non-hydrogen) atoms. The van der Waals surface area contributed by atoms with Gasteiger partial charge in [0.15, 0.2) is 0 Å². The molecule has 2 atom stereocenters. The number of rotatable bonds is 4. The lowest BCUT2D eigenvalue weighted by atomic mass is 10.0. The Balaban J connectivity index is 1.63. The van der Waals surface area contributed by atoms with Crippen LogP contribution in [0.4, 0.5) is 0 Å². The molecule has 3 rings (SSSR count). The standard InChI is InChI=1S/C20H23N3/c1-17(18-8-4-2-5-9-18)22-12-14-23(15-13-22)20(16-21)19-10-6-3-7-11-19/h2-11,17,20H,12-15H2,1H3. The van der Waals surface area contributed by atoms with Crippen molar-refractivity contribution in [3.63, 3.8) is 0 Å². The van der Waals surface area contributed by atoms with Crippen LogP contribution in [0, 0.1) is 11.3 Å². The molecule has 1 fully saturated rings. The molecule has 3 heteroatoms. The van der Waals surface area contributed by atoms with Crippen molar-refractivity contribution in [2.75, 3.05) is 26.2 Å². The first kappa shape index (κ1) is 15.7. The van der Waals surface area contributed by atoms with Crippen LogP contribution in [0.5, 0.6) is 0 Å². The third-order valence-corrected chi connectivity index (χ3v) is 4.78. The van der Waals surface area contributed by atoms with E-state index >= 15 is 0 Å². The van der Waals surface area contributed by atoms with Crippen molar-refractivity contribution in [3.05, 3.63) is 71.8 Å². The maximum atomic E-state index is 9.58. The summed E-state index contributed by atoms with van der Waals surface area (Å²) in [6.07, 6.45) is 0. The number of nitrogens with zero attached hydrogens (tertiary/aromatic N) is 3. The molecule has 0 saturated carbocycles. The number of nitriles is 1. The van der Waals surface area contributed by atoms with E-state index in [0.29, 0.717) is 6.04 Å². The molecule has 0 bridgehead atoms. The van der Waals surface area contributed by atoms with Gasteiger partial charge in [-0.3, -0.25) is 9.80 Å². The van der Waals surface area contributed by atoms with Gasteiger partial charge >= 0.3 is 0 Å². The average Bonchev–Trinajstić information content (AvgIpc) is 2.64. The van der Waals surface area contributed by atoms with E-state index in [4.69, 9.17) is 0 Å². The molecular weight excluding hydrogens is 282 g/mol. The summed E-state index contributed by atoms with van der Waals surface area (Å²) in [6, 6.07) is 23.5. The smallest absolute Gasteiger partial charge is 0.123 e. The van der Waals surface area contributed by atoms with Crippen molar-refractivity contribution in [2.45, 2.75) is 19.0 Å². The summed E-state index contributed by atoms with van der Waals surface area (Å²) in [5, 5.41) is 9.58. The molecule has 118 valence electrons. The fourth-order valence-corrected chi connectivity index (χ4v) is 3.33. The zero-order chi connectivity index (χ0) is 16.1. The summed E-state index contributed by atoms with van der Waals surface area (Å²) in [5.41, 5.74) is 2.46. The summed E-state index contributed by atoms with van der Waals surface area (Å²) >= 11 is 0. The van der Waals surface area contributed by atoms with E-state index in [1.54, 1.807) is 0 Å². The van der Waals surface area contributed by atoms with Gasteiger partial charge in [-0.05, 0) is 18.1 Å². The van der Waals surface area contributed by atoms with E-state index in [0.717, 1.165) is 31.7 Å². The number of hydrogen-bond donors (Lipinski definition) is 0. The Bertz CT molecular complexity index is 640. The number of hydrogen-bond acceptors (Lipinski definition) is 3. The molecule has 1 saturated heterocycles. The Kier molecular flexibility index (Phi) is 5.07. The lowest BCUT2D eigenvalue weighted by Crippen LogP contribution is -2.48. The fourth-order valence-electron chi connectivity index (χ4n) is 3.33. The van der Waals surface area contributed by atoms with Gasteiger partial charge in [0.25, 0.3) is 0 Å². The fraction of sp³-hybridized carbons (Fsp3) is 0.350. The molecule has 0 amide bonds. The van der Waals surface area contributed by atoms with Crippen molar-refractivity contribution in [3.8, 4) is 6.07 Å². The van der Waals surface area contributed by atoms with Gasteiger partial charge in [0, 0.05) is 32.2 Å². The summed E-state index contributed by atoms with van der Waals surface area (Å²) in [6.45, 7) is 6.14. The lowest BCUT2D eigenvalue weighted by molar-refractivity contribution is 0.0876. The van der Waals surface area contributed by atoms with E-state index in [-0.39, 0.29) is 6.04 Å². The van der Waals surface area contributed by atoms with Gasteiger partial charge in [-0.2, -0.15) is 5.26 Å². The molecule has 2 aromatic rings. The van der Waals surface area contributed by atoms with Crippen LogP contribution in [0.25, 0.3) is 0 Å². The van der Waals surface area contributed by atoms with Gasteiger partial charge in [0.1, 0.15) is 6.04 Å². The Morgan fingerprint density at radius 1 is 0.783 bits per heavy atom. The molecule has 0 aliphatic carbocycles. The molecule has 1 aliphatic rings. The molecule has 1 aliphatic heterocycles. The SMILES string of the molecule is CC(c1ccccc1)N1CCN(C(C#N)c2ccccc2)CC1. The van der Waals surface area contributed by atoms with Crippen LogP contribution in [0.15, 0.2) is 60.7 Å². The predicted molar refractivity (Wildman–Crippen MR) is 92.8 cm³/mol. The average molecular weight is 305 g/mol. The zero-order valence-corrected chi connectivity index (χ0v) is 13.6. The summed E-state index contributed by atoms with van der Waals surface area (Å²) in [7, 11) is 0. The van der Waals surface area contributed by atoms with Gasteiger partial charge in [0.2, 0.25) is 0 Å². The third kappa shape index (κ3) is 3.61. The van der Waals surface area contributed by atoms with Crippen molar-refractivity contribution < 1.29 is 0 Å². The van der Waals surface area contributed by atoms with Gasteiger partial charge < -0.3 is 0 Å². The first-order valence-corrected chi connectivity index (χ1v) is 8.27. The van der Waals surface area contributed by atoms with Gasteiger partial charge in [-0.25, -0.2) is 0 Å². The van der Waals surface area contributed by atoms with Crippen molar-refractivity contribution in [1.82, 2.24) is 9.80 Å². The minimum atomic E-state index is -0.134. The maximum Gasteiger partial charge on any atom is 0.123 e. The van der Waals surface area contributed by atoms with Crippen molar-refractivity contribution >= 4 is 0 Å². The van der Waals surface area contributed by atoms with E-state index in [1.165, 1.54) is 5.56 Å². The highest BCUT2D eigenvalue weighted by Gasteiger charge is 2.27. The zero-order valence-electron chi connectivity index (χ0n) is 13.6. The quantitative estimate of drug-likeness (QED) is 0.864. The van der Waals surface area contributed by atoms with Gasteiger partial charge in [0.05, 0.1) is 6.07 Å². The Morgan fingerprint density at radius 2 is 1.26 bits per heavy atom. The second-order valence-electron chi connectivity index (χ2n) is 6.10. The number of benzene rings is 2. The van der Waals surface area contributed by atoms with Crippen LogP contribution in [0.3, 0.4) is 0 Å². The molecule has 0 radical (unpaired) electrons. The molecule has 0 aromatic heterocycles. The topological polar surface area (TPSA) is 30.3 Å². The minimum absolute atomic E-state index is 0.134. The number of piperazine rings is 1. The largest absolute Gasteiger partial charge is 0.294 e. The molecule has 0 N–H and O–H groups in total. The minimum Gasteiger partial charge on any atom is -0.294 e. The predicted octanol–water partition coefficient (Wildman–Crippen LogP) is 3.63. The lowest BCUT2D eigenvalue weighted by Gasteiger charge is -2.40. The molecular formula is C20H23N3. The Labute approximate surface area is 138 Å². The van der Waals surface area contributed by atoms with Crippen molar-refractivity contribution in [1.29, 1.82) is 5.26 Å². The first-order valence-electron chi connectivity index (χ1n) is 8.27. The normalized spacial score (nSPS) is 19.0. The van der Waals surface area contributed by atoms with Crippen LogP contribution in [0.1, 0.15) is 30.1 Å². The molecule has 2 unspecified atom stereocenters. The highest BCUT2D eigenvalue weighted by atomic mass is 15.3. The molecule has 2 aromatic carbocycles. The summed E-state index contributed by atoms with van der Waals surface area (Å²) < 4.78 is 0. The van der Waals surface area contributed by atoms with Crippen LogP contribution in [0.2, 0.25) is 0 Å². The van der Waals surface area contributed by atoms with E-state index in [2.05, 4.69) is 53.1 Å².